The van der Waals surface area contributed by atoms with E-state index >= 15 is 0 Å². The maximum absolute atomic E-state index is 5.72. The molecular weight excluding hydrogens is 150 g/mol. The Balaban J connectivity index is 1.91. The second kappa shape index (κ2) is 3.35. The fourth-order valence-corrected chi connectivity index (χ4v) is 2.46. The summed E-state index contributed by atoms with van der Waals surface area (Å²) in [6.07, 6.45) is 4.59. The molecule has 12 heavy (non-hydrogen) atoms. The summed E-state index contributed by atoms with van der Waals surface area (Å²) < 4.78 is 5.72. The molecule has 2 fully saturated rings. The predicted molar refractivity (Wildman–Crippen MR) is 48.9 cm³/mol. The summed E-state index contributed by atoms with van der Waals surface area (Å²) in [5, 5.41) is 0. The Bertz CT molecular complexity index is 158. The van der Waals surface area contributed by atoms with Crippen LogP contribution in [0.1, 0.15) is 33.1 Å². The second-order valence-corrected chi connectivity index (χ2v) is 4.50. The van der Waals surface area contributed by atoms with E-state index in [9.17, 15) is 0 Å². The lowest BCUT2D eigenvalue weighted by Crippen LogP contribution is -2.34. The highest BCUT2D eigenvalue weighted by molar-refractivity contribution is 4.89. The fraction of sp³-hybridized carbons (Fsp3) is 1.00. The zero-order valence-electron chi connectivity index (χ0n) is 8.12. The van der Waals surface area contributed by atoms with Gasteiger partial charge in [0.15, 0.2) is 0 Å². The topological polar surface area (TPSA) is 12.5 Å². The highest BCUT2D eigenvalue weighted by atomic mass is 16.5. The minimum atomic E-state index is 0.573. The van der Waals surface area contributed by atoms with Crippen molar-refractivity contribution in [1.82, 2.24) is 4.90 Å². The Morgan fingerprint density at radius 2 is 2.25 bits per heavy atom. The van der Waals surface area contributed by atoms with E-state index in [0.717, 1.165) is 18.7 Å². The first-order valence-corrected chi connectivity index (χ1v) is 5.13. The number of hydrogen-bond donors (Lipinski definition) is 0. The van der Waals surface area contributed by atoms with E-state index in [1.54, 1.807) is 0 Å². The van der Waals surface area contributed by atoms with Gasteiger partial charge in [-0.25, -0.2) is 0 Å². The van der Waals surface area contributed by atoms with Gasteiger partial charge in [0.1, 0.15) is 0 Å². The standard InChI is InChI=1S/C10H19NO/c1-8(2)6-11-7-12-10-5-3-4-9(10)11/h8-10H,3-7H2,1-2H3/t9?,10-/m1/s1. The van der Waals surface area contributed by atoms with Crippen LogP contribution in [0.3, 0.4) is 0 Å². The average molecular weight is 169 g/mol. The monoisotopic (exact) mass is 169 g/mol. The van der Waals surface area contributed by atoms with Crippen LogP contribution in [0.4, 0.5) is 0 Å². The molecule has 1 aliphatic heterocycles. The number of fused-ring (bicyclic) bond motifs is 1. The van der Waals surface area contributed by atoms with Crippen LogP contribution in [0.2, 0.25) is 0 Å². The van der Waals surface area contributed by atoms with Gasteiger partial charge in [0.2, 0.25) is 0 Å². The van der Waals surface area contributed by atoms with E-state index in [-0.39, 0.29) is 0 Å². The molecule has 0 amide bonds. The van der Waals surface area contributed by atoms with E-state index in [2.05, 4.69) is 18.7 Å². The maximum Gasteiger partial charge on any atom is 0.0998 e. The molecule has 0 radical (unpaired) electrons. The number of ether oxygens (including phenoxy) is 1. The zero-order chi connectivity index (χ0) is 8.55. The first-order chi connectivity index (χ1) is 5.77. The van der Waals surface area contributed by atoms with Gasteiger partial charge in [-0.05, 0) is 25.2 Å². The normalized spacial score (nSPS) is 36.2. The van der Waals surface area contributed by atoms with Gasteiger partial charge < -0.3 is 4.74 Å². The first kappa shape index (κ1) is 8.52. The van der Waals surface area contributed by atoms with Crippen molar-refractivity contribution >= 4 is 0 Å². The zero-order valence-corrected chi connectivity index (χ0v) is 8.12. The Morgan fingerprint density at radius 1 is 1.42 bits per heavy atom. The SMILES string of the molecule is CC(C)CN1CO[C@@H]2CCCC21. The van der Waals surface area contributed by atoms with Crippen molar-refractivity contribution in [2.24, 2.45) is 5.92 Å². The van der Waals surface area contributed by atoms with Gasteiger partial charge in [0.25, 0.3) is 0 Å². The Hall–Kier alpha value is -0.0800. The van der Waals surface area contributed by atoms with Gasteiger partial charge in [0.05, 0.1) is 12.8 Å². The van der Waals surface area contributed by atoms with Gasteiger partial charge in [-0.2, -0.15) is 0 Å². The molecule has 2 atom stereocenters. The minimum Gasteiger partial charge on any atom is -0.361 e. The molecule has 2 aliphatic rings. The molecule has 0 aromatic heterocycles. The molecule has 1 aliphatic carbocycles. The summed E-state index contributed by atoms with van der Waals surface area (Å²) in [7, 11) is 0. The summed E-state index contributed by atoms with van der Waals surface area (Å²) in [5.74, 6) is 0.771. The van der Waals surface area contributed by atoms with Gasteiger partial charge in [0, 0.05) is 12.6 Å². The fourth-order valence-electron chi connectivity index (χ4n) is 2.46. The van der Waals surface area contributed by atoms with Crippen molar-refractivity contribution in [2.75, 3.05) is 13.3 Å². The first-order valence-electron chi connectivity index (χ1n) is 5.13. The molecule has 1 saturated heterocycles. The van der Waals surface area contributed by atoms with Crippen LogP contribution in [0.15, 0.2) is 0 Å². The lowest BCUT2D eigenvalue weighted by molar-refractivity contribution is 0.0832. The molecule has 0 spiro atoms. The molecule has 0 N–H and O–H groups in total. The van der Waals surface area contributed by atoms with E-state index in [4.69, 9.17) is 4.74 Å². The molecule has 0 aromatic carbocycles. The maximum atomic E-state index is 5.72. The largest absolute Gasteiger partial charge is 0.361 e. The molecule has 0 bridgehead atoms. The van der Waals surface area contributed by atoms with Crippen molar-refractivity contribution in [3.8, 4) is 0 Å². The lowest BCUT2D eigenvalue weighted by Gasteiger charge is -2.22. The van der Waals surface area contributed by atoms with Crippen LogP contribution in [0, 0.1) is 5.92 Å². The van der Waals surface area contributed by atoms with E-state index in [1.807, 2.05) is 0 Å². The summed E-state index contributed by atoms with van der Waals surface area (Å²) >= 11 is 0. The molecule has 70 valence electrons. The van der Waals surface area contributed by atoms with Crippen molar-refractivity contribution in [3.63, 3.8) is 0 Å². The number of rotatable bonds is 2. The quantitative estimate of drug-likeness (QED) is 0.625. The second-order valence-electron chi connectivity index (χ2n) is 4.50. The summed E-state index contributed by atoms with van der Waals surface area (Å²) in [6.45, 7) is 6.65. The lowest BCUT2D eigenvalue weighted by atomic mass is 10.1. The predicted octanol–water partition coefficient (Wildman–Crippen LogP) is 1.85. The van der Waals surface area contributed by atoms with Crippen LogP contribution >= 0.6 is 0 Å². The number of nitrogens with zero attached hydrogens (tertiary/aromatic N) is 1. The van der Waals surface area contributed by atoms with E-state index in [1.165, 1.54) is 25.8 Å². The third-order valence-electron chi connectivity index (χ3n) is 2.94. The smallest absolute Gasteiger partial charge is 0.0998 e. The summed E-state index contributed by atoms with van der Waals surface area (Å²) in [4.78, 5) is 2.52. The molecule has 2 nitrogen and oxygen atoms in total. The Labute approximate surface area is 74.9 Å². The van der Waals surface area contributed by atoms with E-state index < -0.39 is 0 Å². The molecule has 1 unspecified atom stereocenters. The molecule has 0 aromatic rings. The summed E-state index contributed by atoms with van der Waals surface area (Å²) in [6, 6.07) is 0.757. The third-order valence-corrected chi connectivity index (χ3v) is 2.94. The van der Waals surface area contributed by atoms with Crippen LogP contribution in [0.25, 0.3) is 0 Å². The average Bonchev–Trinajstić information content (AvgIpc) is 2.52. The van der Waals surface area contributed by atoms with E-state index in [0.29, 0.717) is 6.10 Å². The van der Waals surface area contributed by atoms with Gasteiger partial charge in [-0.1, -0.05) is 13.8 Å². The molecular formula is C10H19NO. The van der Waals surface area contributed by atoms with Gasteiger partial charge in [-0.3, -0.25) is 4.90 Å². The molecule has 1 saturated carbocycles. The Kier molecular flexibility index (Phi) is 2.37. The van der Waals surface area contributed by atoms with Crippen molar-refractivity contribution < 1.29 is 4.74 Å². The van der Waals surface area contributed by atoms with Crippen molar-refractivity contribution in [2.45, 2.75) is 45.3 Å². The summed E-state index contributed by atoms with van der Waals surface area (Å²) in [5.41, 5.74) is 0. The van der Waals surface area contributed by atoms with Gasteiger partial charge in [-0.15, -0.1) is 0 Å². The highest BCUT2D eigenvalue weighted by Gasteiger charge is 2.38. The molecule has 2 heteroatoms. The molecule has 2 rings (SSSR count). The Morgan fingerprint density at radius 3 is 3.00 bits per heavy atom. The molecule has 1 heterocycles. The third kappa shape index (κ3) is 1.50. The van der Waals surface area contributed by atoms with Crippen LogP contribution < -0.4 is 0 Å². The van der Waals surface area contributed by atoms with Crippen molar-refractivity contribution in [1.29, 1.82) is 0 Å². The minimum absolute atomic E-state index is 0.573. The number of hydrogen-bond acceptors (Lipinski definition) is 2. The highest BCUT2D eigenvalue weighted by Crippen LogP contribution is 2.31. The van der Waals surface area contributed by atoms with Crippen LogP contribution in [-0.4, -0.2) is 30.3 Å². The van der Waals surface area contributed by atoms with Crippen molar-refractivity contribution in [3.05, 3.63) is 0 Å². The van der Waals surface area contributed by atoms with Crippen LogP contribution in [0.5, 0.6) is 0 Å². The van der Waals surface area contributed by atoms with Gasteiger partial charge >= 0.3 is 0 Å². The van der Waals surface area contributed by atoms with Crippen LogP contribution in [-0.2, 0) is 4.74 Å².